The highest BCUT2D eigenvalue weighted by Gasteiger charge is 2.07. The van der Waals surface area contributed by atoms with E-state index in [0.29, 0.717) is 5.75 Å². The number of aryl methyl sites for hydroxylation is 1. The Kier molecular flexibility index (Phi) is 4.03. The van der Waals surface area contributed by atoms with Crippen LogP contribution >= 0.6 is 0 Å². The Morgan fingerprint density at radius 1 is 1.40 bits per heavy atom. The van der Waals surface area contributed by atoms with E-state index in [9.17, 15) is 8.78 Å². The van der Waals surface area contributed by atoms with Crippen LogP contribution in [0.1, 0.15) is 24.1 Å². The summed E-state index contributed by atoms with van der Waals surface area (Å²) in [6.45, 7) is 3.19. The van der Waals surface area contributed by atoms with Crippen LogP contribution in [0.2, 0.25) is 0 Å². The second kappa shape index (κ2) is 5.07. The molecule has 1 unspecified atom stereocenters. The van der Waals surface area contributed by atoms with Gasteiger partial charge in [-0.1, -0.05) is 6.07 Å². The molecule has 4 heteroatoms. The standard InChI is InChI=1S/C11H15F2NO/c1-7-3-4-9(15-6-11(12)13)5-10(7)8(2)14/h3-5,8,11H,6,14H2,1-2H3. The molecule has 0 fully saturated rings. The fraction of sp³-hybridized carbons (Fsp3) is 0.455. The van der Waals surface area contributed by atoms with Gasteiger partial charge in [-0.3, -0.25) is 0 Å². The number of benzene rings is 1. The Morgan fingerprint density at radius 2 is 2.07 bits per heavy atom. The minimum absolute atomic E-state index is 0.125. The molecule has 1 aromatic carbocycles. The van der Waals surface area contributed by atoms with Gasteiger partial charge in [0.05, 0.1) is 0 Å². The highest BCUT2D eigenvalue weighted by atomic mass is 19.3. The van der Waals surface area contributed by atoms with Gasteiger partial charge in [-0.15, -0.1) is 0 Å². The average Bonchev–Trinajstić information content (AvgIpc) is 2.16. The molecular weight excluding hydrogens is 200 g/mol. The molecule has 0 saturated carbocycles. The van der Waals surface area contributed by atoms with E-state index in [-0.39, 0.29) is 6.04 Å². The highest BCUT2D eigenvalue weighted by molar-refractivity contribution is 5.36. The number of halogens is 2. The quantitative estimate of drug-likeness (QED) is 0.838. The second-order valence-corrected chi connectivity index (χ2v) is 3.51. The van der Waals surface area contributed by atoms with Crippen molar-refractivity contribution in [2.45, 2.75) is 26.3 Å². The smallest absolute Gasteiger partial charge is 0.272 e. The SMILES string of the molecule is Cc1ccc(OCC(F)F)cc1C(C)N. The van der Waals surface area contributed by atoms with Gasteiger partial charge in [0, 0.05) is 6.04 Å². The molecule has 0 spiro atoms. The molecule has 1 atom stereocenters. The molecule has 15 heavy (non-hydrogen) atoms. The van der Waals surface area contributed by atoms with Crippen LogP contribution in [0.4, 0.5) is 8.78 Å². The summed E-state index contributed by atoms with van der Waals surface area (Å²) in [6.07, 6.45) is -2.45. The number of hydrogen-bond acceptors (Lipinski definition) is 2. The monoisotopic (exact) mass is 215 g/mol. The lowest BCUT2D eigenvalue weighted by Crippen LogP contribution is -2.10. The van der Waals surface area contributed by atoms with Crippen LogP contribution in [-0.4, -0.2) is 13.0 Å². The first kappa shape index (κ1) is 11.9. The van der Waals surface area contributed by atoms with Gasteiger partial charge in [-0.2, -0.15) is 0 Å². The third kappa shape index (κ3) is 3.47. The summed E-state index contributed by atoms with van der Waals surface area (Å²) in [7, 11) is 0. The van der Waals surface area contributed by atoms with Gasteiger partial charge in [0.1, 0.15) is 12.4 Å². The summed E-state index contributed by atoms with van der Waals surface area (Å²) in [5.41, 5.74) is 7.69. The molecule has 0 radical (unpaired) electrons. The molecule has 0 bridgehead atoms. The topological polar surface area (TPSA) is 35.2 Å². The van der Waals surface area contributed by atoms with Crippen molar-refractivity contribution in [2.75, 3.05) is 6.61 Å². The maximum atomic E-state index is 11.9. The molecule has 0 aromatic heterocycles. The maximum Gasteiger partial charge on any atom is 0.272 e. The predicted molar refractivity (Wildman–Crippen MR) is 55.3 cm³/mol. The van der Waals surface area contributed by atoms with Gasteiger partial charge in [-0.25, -0.2) is 8.78 Å². The lowest BCUT2D eigenvalue weighted by Gasteiger charge is -2.12. The summed E-state index contributed by atoms with van der Waals surface area (Å²) in [5.74, 6) is 0.438. The molecular formula is C11H15F2NO. The van der Waals surface area contributed by atoms with Crippen molar-refractivity contribution in [3.8, 4) is 5.75 Å². The minimum Gasteiger partial charge on any atom is -0.488 e. The Bertz CT molecular complexity index is 326. The van der Waals surface area contributed by atoms with Gasteiger partial charge in [0.2, 0.25) is 0 Å². The number of ether oxygens (including phenoxy) is 1. The number of hydrogen-bond donors (Lipinski definition) is 1. The zero-order chi connectivity index (χ0) is 11.4. The molecule has 0 aliphatic rings. The maximum absolute atomic E-state index is 11.9. The number of nitrogens with two attached hydrogens (primary N) is 1. The van der Waals surface area contributed by atoms with E-state index >= 15 is 0 Å². The largest absolute Gasteiger partial charge is 0.488 e. The summed E-state index contributed by atoms with van der Waals surface area (Å²) < 4.78 is 28.7. The van der Waals surface area contributed by atoms with Crippen molar-refractivity contribution in [3.05, 3.63) is 29.3 Å². The van der Waals surface area contributed by atoms with Crippen molar-refractivity contribution in [3.63, 3.8) is 0 Å². The first-order valence-electron chi connectivity index (χ1n) is 4.77. The average molecular weight is 215 g/mol. The van der Waals surface area contributed by atoms with Gasteiger partial charge < -0.3 is 10.5 Å². The zero-order valence-electron chi connectivity index (χ0n) is 8.84. The van der Waals surface area contributed by atoms with E-state index in [1.54, 1.807) is 12.1 Å². The molecule has 2 N–H and O–H groups in total. The van der Waals surface area contributed by atoms with Gasteiger partial charge in [0.15, 0.2) is 0 Å². The zero-order valence-corrected chi connectivity index (χ0v) is 8.84. The van der Waals surface area contributed by atoms with E-state index in [2.05, 4.69) is 0 Å². The third-order valence-electron chi connectivity index (χ3n) is 2.12. The number of rotatable bonds is 4. The number of alkyl halides is 2. The van der Waals surface area contributed by atoms with Crippen LogP contribution in [0, 0.1) is 6.92 Å². The lowest BCUT2D eigenvalue weighted by atomic mass is 10.0. The summed E-state index contributed by atoms with van der Waals surface area (Å²) in [5, 5.41) is 0. The van der Waals surface area contributed by atoms with Crippen molar-refractivity contribution < 1.29 is 13.5 Å². The molecule has 0 amide bonds. The van der Waals surface area contributed by atoms with Gasteiger partial charge in [0.25, 0.3) is 6.43 Å². The Labute approximate surface area is 88.0 Å². The first-order valence-corrected chi connectivity index (χ1v) is 4.77. The minimum atomic E-state index is -2.45. The Morgan fingerprint density at radius 3 is 2.60 bits per heavy atom. The molecule has 84 valence electrons. The second-order valence-electron chi connectivity index (χ2n) is 3.51. The van der Waals surface area contributed by atoms with E-state index in [4.69, 9.17) is 10.5 Å². The summed E-state index contributed by atoms with van der Waals surface area (Å²) in [4.78, 5) is 0. The normalized spacial score (nSPS) is 12.9. The summed E-state index contributed by atoms with van der Waals surface area (Å²) >= 11 is 0. The summed E-state index contributed by atoms with van der Waals surface area (Å²) in [6, 6.07) is 5.07. The Hall–Kier alpha value is -1.16. The molecule has 0 aliphatic heterocycles. The van der Waals surface area contributed by atoms with Crippen LogP contribution in [0.25, 0.3) is 0 Å². The first-order chi connectivity index (χ1) is 7.00. The fourth-order valence-corrected chi connectivity index (χ4v) is 1.36. The molecule has 0 aliphatic carbocycles. The van der Waals surface area contributed by atoms with Crippen LogP contribution in [-0.2, 0) is 0 Å². The van der Waals surface area contributed by atoms with Gasteiger partial charge in [-0.05, 0) is 37.1 Å². The molecule has 2 nitrogen and oxygen atoms in total. The van der Waals surface area contributed by atoms with E-state index < -0.39 is 13.0 Å². The van der Waals surface area contributed by atoms with Crippen LogP contribution in [0.15, 0.2) is 18.2 Å². The molecule has 0 heterocycles. The lowest BCUT2D eigenvalue weighted by molar-refractivity contribution is 0.0818. The fourth-order valence-electron chi connectivity index (χ4n) is 1.36. The van der Waals surface area contributed by atoms with Gasteiger partial charge >= 0.3 is 0 Å². The predicted octanol–water partition coefficient (Wildman–Crippen LogP) is 2.66. The van der Waals surface area contributed by atoms with Crippen LogP contribution in [0.5, 0.6) is 5.75 Å². The van der Waals surface area contributed by atoms with Crippen molar-refractivity contribution in [1.82, 2.24) is 0 Å². The van der Waals surface area contributed by atoms with E-state index in [1.807, 2.05) is 19.9 Å². The molecule has 1 aromatic rings. The molecule has 1 rings (SSSR count). The third-order valence-corrected chi connectivity index (χ3v) is 2.12. The highest BCUT2D eigenvalue weighted by Crippen LogP contribution is 2.22. The van der Waals surface area contributed by atoms with E-state index in [0.717, 1.165) is 11.1 Å². The van der Waals surface area contributed by atoms with Crippen LogP contribution < -0.4 is 10.5 Å². The van der Waals surface area contributed by atoms with Crippen LogP contribution in [0.3, 0.4) is 0 Å². The molecule has 0 saturated heterocycles. The van der Waals surface area contributed by atoms with Crippen molar-refractivity contribution in [2.24, 2.45) is 5.73 Å². The van der Waals surface area contributed by atoms with E-state index in [1.165, 1.54) is 0 Å². The van der Waals surface area contributed by atoms with Crippen molar-refractivity contribution >= 4 is 0 Å². The van der Waals surface area contributed by atoms with Crippen molar-refractivity contribution in [1.29, 1.82) is 0 Å². The Balaban J connectivity index is 2.78.